The van der Waals surface area contributed by atoms with Crippen molar-refractivity contribution in [3.8, 4) is 11.4 Å². The number of hydrogen-bond donors (Lipinski definition) is 0. The van der Waals surface area contributed by atoms with Gasteiger partial charge in [0.15, 0.2) is 0 Å². The van der Waals surface area contributed by atoms with Gasteiger partial charge in [0.2, 0.25) is 17.6 Å². The lowest BCUT2D eigenvalue weighted by molar-refractivity contribution is -0.138. The van der Waals surface area contributed by atoms with Crippen LogP contribution in [0.1, 0.15) is 37.1 Å². The molecule has 0 atom stereocenters. The molecule has 1 amide bonds. The van der Waals surface area contributed by atoms with Crippen molar-refractivity contribution in [1.82, 2.24) is 19.9 Å². The Morgan fingerprint density at radius 3 is 2.35 bits per heavy atom. The number of amides is 1. The summed E-state index contributed by atoms with van der Waals surface area (Å²) in [6.45, 7) is 4.16. The lowest BCUT2D eigenvalue weighted by Gasteiger charge is -2.37. The predicted molar refractivity (Wildman–Crippen MR) is 132 cm³/mol. The van der Waals surface area contributed by atoms with Crippen molar-refractivity contribution in [1.29, 1.82) is 0 Å². The molecule has 6 nitrogen and oxygen atoms in total. The highest BCUT2D eigenvalue weighted by molar-refractivity contribution is 6.30. The molecule has 7 heteroatoms. The van der Waals surface area contributed by atoms with E-state index in [1.54, 1.807) is 0 Å². The molecule has 2 aromatic carbocycles. The van der Waals surface area contributed by atoms with Gasteiger partial charge in [-0.05, 0) is 80.9 Å². The van der Waals surface area contributed by atoms with Gasteiger partial charge in [-0.2, -0.15) is 4.98 Å². The van der Waals surface area contributed by atoms with E-state index in [4.69, 9.17) is 16.1 Å². The summed E-state index contributed by atoms with van der Waals surface area (Å²) in [5.74, 6) is 2.35. The zero-order chi connectivity index (χ0) is 23.3. The van der Waals surface area contributed by atoms with Gasteiger partial charge >= 0.3 is 0 Å². The van der Waals surface area contributed by atoms with E-state index in [-0.39, 0.29) is 5.92 Å². The lowest BCUT2D eigenvalue weighted by atomic mass is 9.88. The van der Waals surface area contributed by atoms with E-state index in [0.717, 1.165) is 63.8 Å². The van der Waals surface area contributed by atoms with Crippen LogP contribution in [-0.2, 0) is 17.8 Å². The number of aromatic nitrogens is 2. The minimum absolute atomic E-state index is 0.134. The molecule has 0 bridgehead atoms. The Bertz CT molecular complexity index is 1070. The van der Waals surface area contributed by atoms with Gasteiger partial charge in [0.05, 0.1) is 6.54 Å². The minimum atomic E-state index is 0.134. The first-order valence-corrected chi connectivity index (χ1v) is 12.7. The summed E-state index contributed by atoms with van der Waals surface area (Å²) >= 11 is 5.95. The van der Waals surface area contributed by atoms with Crippen LogP contribution in [0.3, 0.4) is 0 Å². The highest BCUT2D eigenvalue weighted by atomic mass is 35.5. The lowest BCUT2D eigenvalue weighted by Crippen LogP contribution is -2.45. The molecule has 2 aliphatic heterocycles. The fraction of sp³-hybridized carbons (Fsp3) is 0.444. The Balaban J connectivity index is 1.06. The zero-order valence-corrected chi connectivity index (χ0v) is 20.2. The van der Waals surface area contributed by atoms with Gasteiger partial charge < -0.3 is 9.42 Å². The van der Waals surface area contributed by atoms with Crippen molar-refractivity contribution in [3.05, 3.63) is 71.1 Å². The van der Waals surface area contributed by atoms with Crippen molar-refractivity contribution in [2.24, 2.45) is 11.8 Å². The maximum atomic E-state index is 13.1. The molecule has 0 unspecified atom stereocenters. The molecule has 0 saturated carbocycles. The average molecular weight is 479 g/mol. The monoisotopic (exact) mass is 478 g/mol. The first-order valence-electron chi connectivity index (χ1n) is 12.3. The second kappa shape index (κ2) is 10.7. The average Bonchev–Trinajstić information content (AvgIpc) is 3.34. The number of nitrogens with zero attached hydrogens (tertiary/aromatic N) is 4. The summed E-state index contributed by atoms with van der Waals surface area (Å²) in [6, 6.07) is 18.1. The summed E-state index contributed by atoms with van der Waals surface area (Å²) in [6.07, 6.45) is 5.11. The van der Waals surface area contributed by atoms with Gasteiger partial charge in [0.25, 0.3) is 0 Å². The number of likely N-dealkylation sites (tertiary alicyclic amines) is 2. The number of rotatable bonds is 6. The summed E-state index contributed by atoms with van der Waals surface area (Å²) < 4.78 is 5.46. The van der Waals surface area contributed by atoms with Crippen molar-refractivity contribution >= 4 is 17.5 Å². The molecule has 0 aliphatic carbocycles. The van der Waals surface area contributed by atoms with E-state index in [1.807, 2.05) is 24.3 Å². The maximum absolute atomic E-state index is 13.1. The minimum Gasteiger partial charge on any atom is -0.342 e. The molecule has 2 fully saturated rings. The van der Waals surface area contributed by atoms with Crippen LogP contribution in [0.25, 0.3) is 11.4 Å². The summed E-state index contributed by atoms with van der Waals surface area (Å²) in [7, 11) is 0. The number of benzene rings is 2. The Hall–Kier alpha value is -2.70. The van der Waals surface area contributed by atoms with Crippen LogP contribution >= 0.6 is 11.6 Å². The third kappa shape index (κ3) is 5.68. The Labute approximate surface area is 205 Å². The normalized spacial score (nSPS) is 18.3. The topological polar surface area (TPSA) is 62.5 Å². The van der Waals surface area contributed by atoms with E-state index < -0.39 is 0 Å². The van der Waals surface area contributed by atoms with E-state index in [9.17, 15) is 4.79 Å². The van der Waals surface area contributed by atoms with Crippen LogP contribution in [0.4, 0.5) is 0 Å². The molecule has 3 aromatic rings. The Morgan fingerprint density at radius 2 is 1.65 bits per heavy atom. The molecule has 1 aromatic heterocycles. The second-order valence-corrected chi connectivity index (χ2v) is 9.96. The van der Waals surface area contributed by atoms with Crippen LogP contribution in [-0.4, -0.2) is 52.0 Å². The van der Waals surface area contributed by atoms with Gasteiger partial charge in [-0.3, -0.25) is 9.69 Å². The van der Waals surface area contributed by atoms with Gasteiger partial charge in [-0.15, -0.1) is 0 Å². The molecule has 2 aliphatic rings. The summed E-state index contributed by atoms with van der Waals surface area (Å²) in [5, 5.41) is 4.78. The van der Waals surface area contributed by atoms with Gasteiger partial charge in [-0.1, -0.05) is 47.1 Å². The Kier molecular flexibility index (Phi) is 7.26. The Morgan fingerprint density at radius 1 is 0.941 bits per heavy atom. The number of piperidine rings is 2. The van der Waals surface area contributed by atoms with E-state index >= 15 is 0 Å². The summed E-state index contributed by atoms with van der Waals surface area (Å²) in [4.78, 5) is 22.1. The smallest absolute Gasteiger partial charge is 0.241 e. The van der Waals surface area contributed by atoms with Crippen LogP contribution < -0.4 is 0 Å². The maximum Gasteiger partial charge on any atom is 0.241 e. The molecule has 0 spiro atoms. The number of hydrogen-bond acceptors (Lipinski definition) is 5. The highest BCUT2D eigenvalue weighted by Gasteiger charge is 2.31. The highest BCUT2D eigenvalue weighted by Crippen LogP contribution is 2.26. The van der Waals surface area contributed by atoms with Crippen molar-refractivity contribution in [2.75, 3.05) is 26.2 Å². The summed E-state index contributed by atoms with van der Waals surface area (Å²) in [5.41, 5.74) is 2.29. The SMILES string of the molecule is O=C(C1CCN(Cc2nc(-c3ccc(Cl)cc3)no2)CC1)N1CCC(Cc2ccccc2)CC1. The van der Waals surface area contributed by atoms with Gasteiger partial charge in [0, 0.05) is 29.6 Å². The van der Waals surface area contributed by atoms with E-state index in [0.29, 0.717) is 35.1 Å². The molecular weight excluding hydrogens is 448 g/mol. The standard InChI is InChI=1S/C27H31ClN4O2/c28-24-8-6-22(7-9-24)26-29-25(34-30-26)19-31-14-12-23(13-15-31)27(33)32-16-10-21(11-17-32)18-20-4-2-1-3-5-20/h1-9,21,23H,10-19H2. The molecule has 0 N–H and O–H groups in total. The zero-order valence-electron chi connectivity index (χ0n) is 19.4. The quantitative estimate of drug-likeness (QED) is 0.494. The molecule has 178 valence electrons. The van der Waals surface area contributed by atoms with Gasteiger partial charge in [0.1, 0.15) is 0 Å². The predicted octanol–water partition coefficient (Wildman–Crippen LogP) is 5.08. The van der Waals surface area contributed by atoms with Crippen LogP contribution in [0.15, 0.2) is 59.1 Å². The largest absolute Gasteiger partial charge is 0.342 e. The van der Waals surface area contributed by atoms with Crippen LogP contribution in [0.2, 0.25) is 5.02 Å². The molecule has 2 saturated heterocycles. The third-order valence-electron chi connectivity index (χ3n) is 7.16. The molecule has 34 heavy (non-hydrogen) atoms. The third-order valence-corrected chi connectivity index (χ3v) is 7.41. The van der Waals surface area contributed by atoms with Crippen LogP contribution in [0, 0.1) is 11.8 Å². The van der Waals surface area contributed by atoms with Crippen LogP contribution in [0.5, 0.6) is 0 Å². The van der Waals surface area contributed by atoms with Crippen molar-refractivity contribution < 1.29 is 9.32 Å². The first-order chi connectivity index (χ1) is 16.6. The van der Waals surface area contributed by atoms with Crippen molar-refractivity contribution in [2.45, 2.75) is 38.6 Å². The fourth-order valence-corrected chi connectivity index (χ4v) is 5.25. The van der Waals surface area contributed by atoms with E-state index in [2.05, 4.69) is 50.3 Å². The fourth-order valence-electron chi connectivity index (χ4n) is 5.13. The number of carbonyl (C=O) groups is 1. The molecule has 0 radical (unpaired) electrons. The number of carbonyl (C=O) groups excluding carboxylic acids is 1. The molecule has 5 rings (SSSR count). The van der Waals surface area contributed by atoms with E-state index in [1.165, 1.54) is 5.56 Å². The second-order valence-electron chi connectivity index (χ2n) is 9.53. The van der Waals surface area contributed by atoms with Gasteiger partial charge in [-0.25, -0.2) is 0 Å². The molecular formula is C27H31ClN4O2. The van der Waals surface area contributed by atoms with Crippen molar-refractivity contribution in [3.63, 3.8) is 0 Å². The number of halogens is 1. The molecule has 3 heterocycles. The first kappa shape index (κ1) is 23.1.